The van der Waals surface area contributed by atoms with Gasteiger partial charge >= 0.3 is 0 Å². The zero-order valence-corrected chi connectivity index (χ0v) is 11.7. The van der Waals surface area contributed by atoms with Gasteiger partial charge in [-0.3, -0.25) is 0 Å². The van der Waals surface area contributed by atoms with Crippen LogP contribution < -0.4 is 16.0 Å². The fourth-order valence-corrected chi connectivity index (χ4v) is 1.77. The lowest BCUT2D eigenvalue weighted by Gasteiger charge is -2.20. The maximum absolute atomic E-state index is 5.78. The van der Waals surface area contributed by atoms with E-state index in [1.54, 1.807) is 6.33 Å². The van der Waals surface area contributed by atoms with Crippen LogP contribution in [0.4, 0.5) is 11.6 Å². The number of hydrogen-bond acceptors (Lipinski definition) is 5. The molecule has 5 nitrogen and oxygen atoms in total. The van der Waals surface area contributed by atoms with Gasteiger partial charge < -0.3 is 16.0 Å². The normalized spacial score (nSPS) is 12.2. The second-order valence-corrected chi connectivity index (χ2v) is 4.75. The number of unbranched alkanes of at least 4 members (excludes halogenated alkanes) is 2. The highest BCUT2D eigenvalue weighted by Crippen LogP contribution is 2.12. The SMILES string of the molecule is CCCCCNc1cc(N(C)CC(C)N)ncn1. The van der Waals surface area contributed by atoms with Gasteiger partial charge in [-0.15, -0.1) is 0 Å². The van der Waals surface area contributed by atoms with E-state index in [4.69, 9.17) is 5.73 Å². The molecule has 102 valence electrons. The molecule has 0 spiro atoms. The van der Waals surface area contributed by atoms with Gasteiger partial charge in [-0.05, 0) is 13.3 Å². The Kier molecular flexibility index (Phi) is 6.43. The molecule has 18 heavy (non-hydrogen) atoms. The molecule has 0 amide bonds. The molecule has 1 aromatic heterocycles. The summed E-state index contributed by atoms with van der Waals surface area (Å²) in [4.78, 5) is 10.5. The van der Waals surface area contributed by atoms with Crippen LogP contribution >= 0.6 is 0 Å². The Morgan fingerprint density at radius 1 is 1.39 bits per heavy atom. The summed E-state index contributed by atoms with van der Waals surface area (Å²) in [5, 5.41) is 3.32. The van der Waals surface area contributed by atoms with Gasteiger partial charge in [0.15, 0.2) is 0 Å². The van der Waals surface area contributed by atoms with Crippen LogP contribution in [0.2, 0.25) is 0 Å². The number of aromatic nitrogens is 2. The number of likely N-dealkylation sites (N-methyl/N-ethyl adjacent to an activating group) is 1. The van der Waals surface area contributed by atoms with Crippen LogP contribution in [-0.2, 0) is 0 Å². The quantitative estimate of drug-likeness (QED) is 0.690. The van der Waals surface area contributed by atoms with Crippen LogP contribution in [0, 0.1) is 0 Å². The van der Waals surface area contributed by atoms with Gasteiger partial charge in [0.25, 0.3) is 0 Å². The number of hydrogen-bond donors (Lipinski definition) is 2. The molecule has 0 fully saturated rings. The highest BCUT2D eigenvalue weighted by molar-refractivity contribution is 5.47. The fraction of sp³-hybridized carbons (Fsp3) is 0.692. The van der Waals surface area contributed by atoms with Gasteiger partial charge in [-0.1, -0.05) is 19.8 Å². The van der Waals surface area contributed by atoms with Crippen LogP contribution in [0.5, 0.6) is 0 Å². The molecule has 0 aliphatic rings. The summed E-state index contributed by atoms with van der Waals surface area (Å²) in [7, 11) is 1.99. The molecule has 1 heterocycles. The first-order chi connectivity index (χ1) is 8.63. The minimum atomic E-state index is 0.130. The standard InChI is InChI=1S/C13H25N5/c1-4-5-6-7-15-12-8-13(17-10-16-12)18(3)9-11(2)14/h8,10-11H,4-7,9,14H2,1-3H3,(H,15,16,17). The highest BCUT2D eigenvalue weighted by atomic mass is 15.2. The third-order valence-electron chi connectivity index (χ3n) is 2.69. The van der Waals surface area contributed by atoms with E-state index in [1.807, 2.05) is 24.9 Å². The minimum Gasteiger partial charge on any atom is -0.370 e. The van der Waals surface area contributed by atoms with Crippen molar-refractivity contribution in [2.45, 2.75) is 39.2 Å². The van der Waals surface area contributed by atoms with Crippen molar-refractivity contribution < 1.29 is 0 Å². The largest absolute Gasteiger partial charge is 0.370 e. The predicted octanol–water partition coefficient (Wildman–Crippen LogP) is 1.86. The van der Waals surface area contributed by atoms with Crippen molar-refractivity contribution in [3.8, 4) is 0 Å². The Balaban J connectivity index is 2.50. The van der Waals surface area contributed by atoms with E-state index in [2.05, 4.69) is 22.2 Å². The zero-order valence-electron chi connectivity index (χ0n) is 11.7. The van der Waals surface area contributed by atoms with Crippen LogP contribution in [0.15, 0.2) is 12.4 Å². The van der Waals surface area contributed by atoms with Crippen molar-refractivity contribution in [2.24, 2.45) is 5.73 Å². The maximum atomic E-state index is 5.78. The molecule has 1 unspecified atom stereocenters. The number of anilines is 2. The van der Waals surface area contributed by atoms with Crippen LogP contribution in [0.25, 0.3) is 0 Å². The highest BCUT2D eigenvalue weighted by Gasteiger charge is 2.06. The van der Waals surface area contributed by atoms with Gasteiger partial charge in [-0.25, -0.2) is 9.97 Å². The van der Waals surface area contributed by atoms with Crippen LogP contribution in [0.1, 0.15) is 33.1 Å². The molecule has 1 atom stereocenters. The molecular weight excluding hydrogens is 226 g/mol. The Hall–Kier alpha value is -1.36. The number of rotatable bonds is 8. The van der Waals surface area contributed by atoms with Gasteiger partial charge in [0.05, 0.1) is 0 Å². The van der Waals surface area contributed by atoms with E-state index < -0.39 is 0 Å². The monoisotopic (exact) mass is 251 g/mol. The summed E-state index contributed by atoms with van der Waals surface area (Å²) in [5.41, 5.74) is 5.78. The molecule has 0 bridgehead atoms. The van der Waals surface area contributed by atoms with E-state index in [0.717, 1.165) is 24.7 Å². The van der Waals surface area contributed by atoms with Crippen LogP contribution in [-0.4, -0.2) is 36.1 Å². The third kappa shape index (κ3) is 5.31. The molecule has 3 N–H and O–H groups in total. The van der Waals surface area contributed by atoms with Gasteiger partial charge in [0, 0.05) is 32.2 Å². The molecule has 0 radical (unpaired) electrons. The molecule has 0 saturated heterocycles. The lowest BCUT2D eigenvalue weighted by Crippen LogP contribution is -2.33. The average molecular weight is 251 g/mol. The van der Waals surface area contributed by atoms with E-state index in [9.17, 15) is 0 Å². The van der Waals surface area contributed by atoms with Crippen molar-refractivity contribution in [2.75, 3.05) is 30.4 Å². The van der Waals surface area contributed by atoms with Gasteiger partial charge in [0.1, 0.15) is 18.0 Å². The van der Waals surface area contributed by atoms with E-state index >= 15 is 0 Å². The first-order valence-electron chi connectivity index (χ1n) is 6.66. The van der Waals surface area contributed by atoms with E-state index in [-0.39, 0.29) is 6.04 Å². The molecule has 0 aliphatic heterocycles. The van der Waals surface area contributed by atoms with Crippen molar-refractivity contribution in [3.05, 3.63) is 12.4 Å². The fourth-order valence-electron chi connectivity index (χ4n) is 1.77. The van der Waals surface area contributed by atoms with Crippen molar-refractivity contribution in [3.63, 3.8) is 0 Å². The first kappa shape index (κ1) is 14.7. The van der Waals surface area contributed by atoms with E-state index in [1.165, 1.54) is 19.3 Å². The zero-order chi connectivity index (χ0) is 13.4. The van der Waals surface area contributed by atoms with Gasteiger partial charge in [-0.2, -0.15) is 0 Å². The Bertz CT molecular complexity index is 340. The summed E-state index contributed by atoms with van der Waals surface area (Å²) in [5.74, 6) is 1.79. The topological polar surface area (TPSA) is 67.1 Å². The lowest BCUT2D eigenvalue weighted by atomic mass is 10.2. The minimum absolute atomic E-state index is 0.130. The van der Waals surface area contributed by atoms with Gasteiger partial charge in [0.2, 0.25) is 0 Å². The van der Waals surface area contributed by atoms with Crippen molar-refractivity contribution in [1.82, 2.24) is 9.97 Å². The first-order valence-corrected chi connectivity index (χ1v) is 6.66. The molecule has 5 heteroatoms. The summed E-state index contributed by atoms with van der Waals surface area (Å²) in [6.45, 7) is 5.93. The molecule has 0 saturated carbocycles. The Morgan fingerprint density at radius 2 is 2.17 bits per heavy atom. The number of nitrogens with one attached hydrogen (secondary N) is 1. The van der Waals surface area contributed by atoms with E-state index in [0.29, 0.717) is 0 Å². The summed E-state index contributed by atoms with van der Waals surface area (Å²) >= 11 is 0. The number of nitrogens with zero attached hydrogens (tertiary/aromatic N) is 3. The average Bonchev–Trinajstić information content (AvgIpc) is 2.34. The smallest absolute Gasteiger partial charge is 0.133 e. The third-order valence-corrected chi connectivity index (χ3v) is 2.69. The lowest BCUT2D eigenvalue weighted by molar-refractivity contribution is 0.710. The maximum Gasteiger partial charge on any atom is 0.133 e. The molecular formula is C13H25N5. The Morgan fingerprint density at radius 3 is 2.83 bits per heavy atom. The summed E-state index contributed by atoms with van der Waals surface area (Å²) in [6, 6.07) is 2.10. The predicted molar refractivity (Wildman–Crippen MR) is 77.0 cm³/mol. The molecule has 0 aliphatic carbocycles. The van der Waals surface area contributed by atoms with Crippen LogP contribution in [0.3, 0.4) is 0 Å². The summed E-state index contributed by atoms with van der Waals surface area (Å²) in [6.07, 6.45) is 5.24. The Labute approximate surface area is 110 Å². The second kappa shape index (κ2) is 7.87. The molecule has 0 aromatic carbocycles. The summed E-state index contributed by atoms with van der Waals surface area (Å²) < 4.78 is 0. The molecule has 1 aromatic rings. The molecule has 1 rings (SSSR count). The van der Waals surface area contributed by atoms with Crippen molar-refractivity contribution in [1.29, 1.82) is 0 Å². The second-order valence-electron chi connectivity index (χ2n) is 4.75. The van der Waals surface area contributed by atoms with Crippen molar-refractivity contribution >= 4 is 11.6 Å². The number of nitrogens with two attached hydrogens (primary N) is 1.